The van der Waals surface area contributed by atoms with Crippen molar-refractivity contribution >= 4 is 0 Å². The van der Waals surface area contributed by atoms with Gasteiger partial charge >= 0.3 is 0 Å². The first kappa shape index (κ1) is 16.3. The van der Waals surface area contributed by atoms with Crippen LogP contribution in [0.1, 0.15) is 52.9 Å². The molecule has 0 bridgehead atoms. The van der Waals surface area contributed by atoms with Crippen LogP contribution in [0.4, 0.5) is 0 Å². The summed E-state index contributed by atoms with van der Waals surface area (Å²) in [7, 11) is 0. The standard InChI is InChI=1S/C17H35N3/c1-15(2)12-17(3,14-18)20-10-6-16(7-11-20)13-19-8-4-5-9-19/h15-16H,4-14,18H2,1-3H3. The Kier molecular flexibility index (Phi) is 5.88. The van der Waals surface area contributed by atoms with Crippen LogP contribution in [0.2, 0.25) is 0 Å². The van der Waals surface area contributed by atoms with Gasteiger partial charge in [0.2, 0.25) is 0 Å². The van der Waals surface area contributed by atoms with E-state index in [9.17, 15) is 0 Å². The fraction of sp³-hybridized carbons (Fsp3) is 1.00. The zero-order chi connectivity index (χ0) is 14.6. The Morgan fingerprint density at radius 3 is 2.20 bits per heavy atom. The van der Waals surface area contributed by atoms with Gasteiger partial charge in [-0.2, -0.15) is 0 Å². The number of rotatable bonds is 6. The maximum atomic E-state index is 6.10. The van der Waals surface area contributed by atoms with Crippen molar-refractivity contribution in [1.82, 2.24) is 9.80 Å². The molecule has 2 N–H and O–H groups in total. The van der Waals surface area contributed by atoms with Crippen molar-refractivity contribution in [2.75, 3.05) is 39.3 Å². The van der Waals surface area contributed by atoms with Crippen molar-refractivity contribution in [3.05, 3.63) is 0 Å². The van der Waals surface area contributed by atoms with Gasteiger partial charge in [-0.3, -0.25) is 4.90 Å². The Morgan fingerprint density at radius 1 is 1.10 bits per heavy atom. The van der Waals surface area contributed by atoms with E-state index in [0.717, 1.165) is 18.4 Å². The summed E-state index contributed by atoms with van der Waals surface area (Å²) in [4.78, 5) is 5.35. The molecule has 0 saturated carbocycles. The molecule has 2 heterocycles. The van der Waals surface area contributed by atoms with E-state index in [-0.39, 0.29) is 5.54 Å². The van der Waals surface area contributed by atoms with E-state index in [2.05, 4.69) is 30.6 Å². The van der Waals surface area contributed by atoms with Crippen LogP contribution in [0, 0.1) is 11.8 Å². The van der Waals surface area contributed by atoms with Crippen molar-refractivity contribution < 1.29 is 0 Å². The summed E-state index contributed by atoms with van der Waals surface area (Å²) in [5.74, 6) is 1.65. The summed E-state index contributed by atoms with van der Waals surface area (Å²) in [6.07, 6.45) is 6.78. The molecule has 1 atom stereocenters. The SMILES string of the molecule is CC(C)CC(C)(CN)N1CCC(CN2CCCC2)CC1. The first-order valence-electron chi connectivity index (χ1n) is 8.71. The second kappa shape index (κ2) is 7.24. The summed E-state index contributed by atoms with van der Waals surface area (Å²) in [5, 5.41) is 0. The molecule has 118 valence electrons. The van der Waals surface area contributed by atoms with Crippen LogP contribution < -0.4 is 5.73 Å². The Labute approximate surface area is 125 Å². The summed E-state index contributed by atoms with van der Waals surface area (Å²) in [5.41, 5.74) is 6.32. The normalized spacial score (nSPS) is 26.2. The summed E-state index contributed by atoms with van der Waals surface area (Å²) in [6.45, 7) is 14.3. The first-order valence-corrected chi connectivity index (χ1v) is 8.71. The van der Waals surface area contributed by atoms with E-state index in [1.165, 1.54) is 64.8 Å². The molecule has 2 aliphatic heterocycles. The van der Waals surface area contributed by atoms with E-state index in [1.54, 1.807) is 0 Å². The maximum Gasteiger partial charge on any atom is 0.0306 e. The highest BCUT2D eigenvalue weighted by molar-refractivity contribution is 4.91. The number of hydrogen-bond donors (Lipinski definition) is 1. The molecule has 2 rings (SSSR count). The molecule has 20 heavy (non-hydrogen) atoms. The monoisotopic (exact) mass is 281 g/mol. The topological polar surface area (TPSA) is 32.5 Å². The lowest BCUT2D eigenvalue weighted by Crippen LogP contribution is -2.55. The van der Waals surface area contributed by atoms with Crippen LogP contribution in [0.25, 0.3) is 0 Å². The van der Waals surface area contributed by atoms with Crippen molar-refractivity contribution in [1.29, 1.82) is 0 Å². The van der Waals surface area contributed by atoms with Gasteiger partial charge in [-0.1, -0.05) is 13.8 Å². The van der Waals surface area contributed by atoms with Gasteiger partial charge in [-0.25, -0.2) is 0 Å². The van der Waals surface area contributed by atoms with Gasteiger partial charge in [-0.05, 0) is 77.0 Å². The zero-order valence-electron chi connectivity index (χ0n) is 13.9. The zero-order valence-corrected chi connectivity index (χ0v) is 13.9. The Morgan fingerprint density at radius 2 is 1.70 bits per heavy atom. The third-order valence-corrected chi connectivity index (χ3v) is 5.38. The quantitative estimate of drug-likeness (QED) is 0.812. The second-order valence-electron chi connectivity index (χ2n) is 7.74. The van der Waals surface area contributed by atoms with Gasteiger partial charge in [0.1, 0.15) is 0 Å². The molecule has 0 aromatic rings. The van der Waals surface area contributed by atoms with Crippen LogP contribution in [0.5, 0.6) is 0 Å². The summed E-state index contributed by atoms with van der Waals surface area (Å²) < 4.78 is 0. The number of nitrogens with two attached hydrogens (primary N) is 1. The van der Waals surface area contributed by atoms with Crippen LogP contribution in [-0.4, -0.2) is 54.6 Å². The number of likely N-dealkylation sites (tertiary alicyclic amines) is 2. The van der Waals surface area contributed by atoms with Crippen molar-refractivity contribution in [3.8, 4) is 0 Å². The highest BCUT2D eigenvalue weighted by Crippen LogP contribution is 2.29. The largest absolute Gasteiger partial charge is 0.329 e. The smallest absolute Gasteiger partial charge is 0.0306 e. The molecule has 0 aromatic heterocycles. The summed E-state index contributed by atoms with van der Waals surface area (Å²) in [6, 6.07) is 0. The molecule has 0 amide bonds. The minimum absolute atomic E-state index is 0.215. The molecule has 0 radical (unpaired) electrons. The van der Waals surface area contributed by atoms with Crippen molar-refractivity contribution in [2.24, 2.45) is 17.6 Å². The molecule has 3 heteroatoms. The van der Waals surface area contributed by atoms with Crippen molar-refractivity contribution in [2.45, 2.75) is 58.4 Å². The molecule has 0 aliphatic carbocycles. The van der Waals surface area contributed by atoms with Crippen LogP contribution in [0.15, 0.2) is 0 Å². The number of piperidine rings is 1. The molecule has 2 fully saturated rings. The van der Waals surface area contributed by atoms with Crippen LogP contribution in [0.3, 0.4) is 0 Å². The number of nitrogens with zero attached hydrogens (tertiary/aromatic N) is 2. The second-order valence-corrected chi connectivity index (χ2v) is 7.74. The molecule has 2 aliphatic rings. The molecule has 3 nitrogen and oxygen atoms in total. The minimum Gasteiger partial charge on any atom is -0.329 e. The van der Waals surface area contributed by atoms with Gasteiger partial charge in [0.05, 0.1) is 0 Å². The Hall–Kier alpha value is -0.120. The molecular formula is C17H35N3. The van der Waals surface area contributed by atoms with Crippen molar-refractivity contribution in [3.63, 3.8) is 0 Å². The fourth-order valence-electron chi connectivity index (χ4n) is 4.21. The first-order chi connectivity index (χ1) is 9.53. The lowest BCUT2D eigenvalue weighted by Gasteiger charge is -2.46. The van der Waals surface area contributed by atoms with E-state index in [4.69, 9.17) is 5.73 Å². The lowest BCUT2D eigenvalue weighted by molar-refractivity contribution is 0.0458. The molecule has 0 aromatic carbocycles. The lowest BCUT2D eigenvalue weighted by atomic mass is 9.85. The van der Waals surface area contributed by atoms with Crippen LogP contribution >= 0.6 is 0 Å². The average molecular weight is 281 g/mol. The maximum absolute atomic E-state index is 6.10. The average Bonchev–Trinajstić information content (AvgIpc) is 2.91. The highest BCUT2D eigenvalue weighted by atomic mass is 15.2. The minimum atomic E-state index is 0.215. The summed E-state index contributed by atoms with van der Waals surface area (Å²) >= 11 is 0. The van der Waals surface area contributed by atoms with E-state index in [0.29, 0.717) is 0 Å². The highest BCUT2D eigenvalue weighted by Gasteiger charge is 2.34. The van der Waals surface area contributed by atoms with E-state index in [1.807, 2.05) is 0 Å². The number of hydrogen-bond acceptors (Lipinski definition) is 3. The Balaban J connectivity index is 1.79. The van der Waals surface area contributed by atoms with Gasteiger partial charge in [-0.15, -0.1) is 0 Å². The van der Waals surface area contributed by atoms with Gasteiger partial charge in [0.15, 0.2) is 0 Å². The van der Waals surface area contributed by atoms with Gasteiger partial charge in [0.25, 0.3) is 0 Å². The van der Waals surface area contributed by atoms with Gasteiger partial charge < -0.3 is 10.6 Å². The Bertz CT molecular complexity index is 278. The third-order valence-electron chi connectivity index (χ3n) is 5.38. The molecule has 1 unspecified atom stereocenters. The van der Waals surface area contributed by atoms with E-state index < -0.39 is 0 Å². The third kappa shape index (κ3) is 4.19. The predicted octanol–water partition coefficient (Wildman–Crippen LogP) is 2.56. The molecular weight excluding hydrogens is 246 g/mol. The fourth-order valence-corrected chi connectivity index (χ4v) is 4.21. The molecule has 2 saturated heterocycles. The van der Waals surface area contributed by atoms with Gasteiger partial charge in [0, 0.05) is 18.6 Å². The van der Waals surface area contributed by atoms with E-state index >= 15 is 0 Å². The molecule has 0 spiro atoms. The van der Waals surface area contributed by atoms with Crippen LogP contribution in [-0.2, 0) is 0 Å². The predicted molar refractivity (Wildman–Crippen MR) is 86.9 cm³/mol.